The van der Waals surface area contributed by atoms with Crippen molar-refractivity contribution in [1.82, 2.24) is 9.78 Å². The van der Waals surface area contributed by atoms with E-state index in [0.717, 1.165) is 31.5 Å². The summed E-state index contributed by atoms with van der Waals surface area (Å²) in [5, 5.41) is 14.7. The molecular formula is C14H16Br2N2O. The van der Waals surface area contributed by atoms with E-state index in [9.17, 15) is 5.11 Å². The molecule has 0 fully saturated rings. The topological polar surface area (TPSA) is 38.1 Å². The van der Waals surface area contributed by atoms with Crippen LogP contribution >= 0.6 is 31.9 Å². The summed E-state index contributed by atoms with van der Waals surface area (Å²) in [5.74, 6) is 0. The molecule has 1 heterocycles. The minimum atomic E-state index is -0.539. The summed E-state index contributed by atoms with van der Waals surface area (Å²) in [6.45, 7) is 3.98. The maximum absolute atomic E-state index is 10.4. The van der Waals surface area contributed by atoms with Crippen molar-refractivity contribution in [2.75, 3.05) is 0 Å². The molecule has 1 atom stereocenters. The van der Waals surface area contributed by atoms with Crippen LogP contribution in [0.1, 0.15) is 28.6 Å². The molecule has 0 aliphatic heterocycles. The molecule has 0 radical (unpaired) electrons. The number of aryl methyl sites for hydroxylation is 3. The van der Waals surface area contributed by atoms with Crippen molar-refractivity contribution >= 4 is 31.9 Å². The number of hydrogen-bond acceptors (Lipinski definition) is 2. The Morgan fingerprint density at radius 1 is 1.32 bits per heavy atom. The van der Waals surface area contributed by atoms with Crippen LogP contribution in [-0.2, 0) is 13.5 Å². The first-order valence-corrected chi connectivity index (χ1v) is 7.61. The van der Waals surface area contributed by atoms with Gasteiger partial charge in [0.2, 0.25) is 0 Å². The summed E-state index contributed by atoms with van der Waals surface area (Å²) < 4.78 is 3.80. The van der Waals surface area contributed by atoms with Crippen molar-refractivity contribution in [3.8, 4) is 0 Å². The second-order valence-electron chi connectivity index (χ2n) is 4.70. The minimum Gasteiger partial charge on any atom is -0.388 e. The normalized spacial score (nSPS) is 12.7. The van der Waals surface area contributed by atoms with Gasteiger partial charge in [0.15, 0.2) is 0 Å². The standard InChI is InChI=1S/C14H16Br2N2O/c1-8-4-5-10(6-11(8)15)13(19)7-12-14(16)9(2)17-18(12)3/h4-6,13,19H,7H2,1-3H3. The Bertz CT molecular complexity index is 608. The summed E-state index contributed by atoms with van der Waals surface area (Å²) in [6, 6.07) is 5.94. The number of nitrogens with zero attached hydrogens (tertiary/aromatic N) is 2. The van der Waals surface area contributed by atoms with Crippen molar-refractivity contribution in [2.24, 2.45) is 7.05 Å². The molecule has 0 saturated carbocycles. The first-order valence-electron chi connectivity index (χ1n) is 6.02. The van der Waals surface area contributed by atoms with Crippen LogP contribution in [0.25, 0.3) is 0 Å². The lowest BCUT2D eigenvalue weighted by atomic mass is 10.0. The summed E-state index contributed by atoms with van der Waals surface area (Å²) in [5.41, 5.74) is 4.01. The third-order valence-corrected chi connectivity index (χ3v) is 5.11. The first kappa shape index (κ1) is 14.8. The Morgan fingerprint density at radius 2 is 2.00 bits per heavy atom. The van der Waals surface area contributed by atoms with Gasteiger partial charge in [-0.3, -0.25) is 4.68 Å². The molecule has 0 spiro atoms. The molecule has 0 amide bonds. The lowest BCUT2D eigenvalue weighted by Crippen LogP contribution is -2.07. The van der Waals surface area contributed by atoms with E-state index in [2.05, 4.69) is 37.0 Å². The first-order chi connectivity index (χ1) is 8.90. The number of aromatic nitrogens is 2. The number of halogens is 2. The molecule has 1 unspecified atom stereocenters. The van der Waals surface area contributed by atoms with Crippen LogP contribution in [0.5, 0.6) is 0 Å². The number of benzene rings is 1. The van der Waals surface area contributed by atoms with Crippen LogP contribution in [0.15, 0.2) is 27.1 Å². The van der Waals surface area contributed by atoms with Crippen LogP contribution in [-0.4, -0.2) is 14.9 Å². The lowest BCUT2D eigenvalue weighted by Gasteiger charge is -2.13. The molecule has 0 bridgehead atoms. The molecule has 0 aliphatic rings. The minimum absolute atomic E-state index is 0.535. The zero-order valence-electron chi connectivity index (χ0n) is 11.1. The van der Waals surface area contributed by atoms with Crippen LogP contribution in [0.4, 0.5) is 0 Å². The zero-order chi connectivity index (χ0) is 14.2. The highest BCUT2D eigenvalue weighted by Crippen LogP contribution is 2.28. The molecule has 3 nitrogen and oxygen atoms in total. The highest BCUT2D eigenvalue weighted by Gasteiger charge is 2.16. The molecule has 1 aromatic heterocycles. The van der Waals surface area contributed by atoms with Gasteiger partial charge in [0.1, 0.15) is 0 Å². The van der Waals surface area contributed by atoms with Gasteiger partial charge in [0, 0.05) is 17.9 Å². The summed E-state index contributed by atoms with van der Waals surface area (Å²) >= 11 is 7.02. The number of hydrogen-bond donors (Lipinski definition) is 1. The molecule has 2 aromatic rings. The summed E-state index contributed by atoms with van der Waals surface area (Å²) in [4.78, 5) is 0. The van der Waals surface area contributed by atoms with Gasteiger partial charge in [-0.1, -0.05) is 28.1 Å². The predicted molar refractivity (Wildman–Crippen MR) is 83.2 cm³/mol. The van der Waals surface area contributed by atoms with Crippen LogP contribution in [0.3, 0.4) is 0 Å². The van der Waals surface area contributed by atoms with E-state index in [4.69, 9.17) is 0 Å². The van der Waals surface area contributed by atoms with Crippen LogP contribution in [0, 0.1) is 13.8 Å². The fourth-order valence-electron chi connectivity index (χ4n) is 2.02. The summed E-state index contributed by atoms with van der Waals surface area (Å²) in [6.07, 6.45) is -0.00375. The smallest absolute Gasteiger partial charge is 0.0846 e. The van der Waals surface area contributed by atoms with E-state index in [1.165, 1.54) is 0 Å². The van der Waals surface area contributed by atoms with Crippen LogP contribution < -0.4 is 0 Å². The number of aliphatic hydroxyl groups is 1. The second kappa shape index (κ2) is 5.77. The molecule has 19 heavy (non-hydrogen) atoms. The average molecular weight is 388 g/mol. The largest absolute Gasteiger partial charge is 0.388 e. The number of aliphatic hydroxyl groups excluding tert-OH is 1. The Labute approximate surface area is 129 Å². The van der Waals surface area contributed by atoms with Gasteiger partial charge in [0.05, 0.1) is 22.0 Å². The monoisotopic (exact) mass is 386 g/mol. The Morgan fingerprint density at radius 3 is 2.53 bits per heavy atom. The van der Waals surface area contributed by atoms with Gasteiger partial charge in [-0.2, -0.15) is 5.10 Å². The molecule has 2 rings (SSSR count). The van der Waals surface area contributed by atoms with E-state index in [0.29, 0.717) is 6.42 Å². The van der Waals surface area contributed by atoms with Crippen molar-refractivity contribution < 1.29 is 5.11 Å². The van der Waals surface area contributed by atoms with Crippen molar-refractivity contribution in [1.29, 1.82) is 0 Å². The highest BCUT2D eigenvalue weighted by atomic mass is 79.9. The Hall–Kier alpha value is -0.650. The molecule has 0 saturated heterocycles. The Balaban J connectivity index is 2.25. The van der Waals surface area contributed by atoms with Gasteiger partial charge in [-0.25, -0.2) is 0 Å². The molecule has 5 heteroatoms. The highest BCUT2D eigenvalue weighted by molar-refractivity contribution is 9.10. The third kappa shape index (κ3) is 3.09. The lowest BCUT2D eigenvalue weighted by molar-refractivity contribution is 0.175. The fraction of sp³-hybridized carbons (Fsp3) is 0.357. The maximum Gasteiger partial charge on any atom is 0.0846 e. The predicted octanol–water partition coefficient (Wildman–Crippen LogP) is 3.84. The fourth-order valence-corrected chi connectivity index (χ4v) is 2.91. The van der Waals surface area contributed by atoms with Crippen molar-refractivity contribution in [3.63, 3.8) is 0 Å². The third-order valence-electron chi connectivity index (χ3n) is 3.23. The quantitative estimate of drug-likeness (QED) is 0.868. The molecule has 102 valence electrons. The van der Waals surface area contributed by atoms with Gasteiger partial charge in [-0.15, -0.1) is 0 Å². The number of rotatable bonds is 3. The van der Waals surface area contributed by atoms with E-state index < -0.39 is 6.10 Å². The van der Waals surface area contributed by atoms with E-state index in [-0.39, 0.29) is 0 Å². The Kier molecular flexibility index (Phi) is 4.48. The zero-order valence-corrected chi connectivity index (χ0v) is 14.3. The van der Waals surface area contributed by atoms with Crippen molar-refractivity contribution in [3.05, 3.63) is 49.7 Å². The second-order valence-corrected chi connectivity index (χ2v) is 6.35. The van der Waals surface area contributed by atoms with E-state index in [1.807, 2.05) is 43.8 Å². The van der Waals surface area contributed by atoms with Crippen LogP contribution in [0.2, 0.25) is 0 Å². The molecular weight excluding hydrogens is 372 g/mol. The van der Waals surface area contributed by atoms with Gasteiger partial charge in [0.25, 0.3) is 0 Å². The van der Waals surface area contributed by atoms with Crippen molar-refractivity contribution in [2.45, 2.75) is 26.4 Å². The average Bonchev–Trinajstić information content (AvgIpc) is 2.59. The molecule has 0 aliphatic carbocycles. The van der Waals surface area contributed by atoms with E-state index in [1.54, 1.807) is 0 Å². The van der Waals surface area contributed by atoms with Gasteiger partial charge in [-0.05, 0) is 47.0 Å². The SMILES string of the molecule is Cc1ccc(C(O)Cc2c(Br)c(C)nn2C)cc1Br. The summed E-state index contributed by atoms with van der Waals surface area (Å²) in [7, 11) is 1.89. The maximum atomic E-state index is 10.4. The molecule has 1 N–H and O–H groups in total. The van der Waals surface area contributed by atoms with Gasteiger partial charge < -0.3 is 5.11 Å². The van der Waals surface area contributed by atoms with E-state index >= 15 is 0 Å². The molecule has 1 aromatic carbocycles. The van der Waals surface area contributed by atoms with Gasteiger partial charge >= 0.3 is 0 Å².